The van der Waals surface area contributed by atoms with Gasteiger partial charge in [-0.3, -0.25) is 4.79 Å². The molecule has 1 saturated heterocycles. The van der Waals surface area contributed by atoms with Gasteiger partial charge in [-0.05, 0) is 24.2 Å². The Kier molecular flexibility index (Phi) is 5.28. The number of aryl methyl sites for hydroxylation is 1. The number of rotatable bonds is 5. The molecule has 2 heterocycles. The molecule has 142 valence electrons. The van der Waals surface area contributed by atoms with Crippen LogP contribution in [0, 0.1) is 29.6 Å². The van der Waals surface area contributed by atoms with Crippen LogP contribution in [0.5, 0.6) is 0 Å². The molecule has 0 spiro atoms. The van der Waals surface area contributed by atoms with Crippen LogP contribution in [0.15, 0.2) is 4.52 Å². The summed E-state index contributed by atoms with van der Waals surface area (Å²) in [5.41, 5.74) is -0.0307. The van der Waals surface area contributed by atoms with Crippen LogP contribution in [0.3, 0.4) is 0 Å². The van der Waals surface area contributed by atoms with Crippen molar-refractivity contribution in [3.8, 4) is 6.07 Å². The molecule has 0 unspecified atom stereocenters. The molecule has 0 aromatic carbocycles. The Hall–Kier alpha value is -2.01. The molecular formula is C18H26FN5O2. The SMILES string of the molecule is Cc1nc(C[C@H]2CC[C@@H](NCC(=O)N3C[C@@H](F)C[C@H]3C#N)C2(C)C)no1. The Bertz CT molecular complexity index is 698. The van der Waals surface area contributed by atoms with E-state index in [0.717, 1.165) is 25.1 Å². The molecule has 1 aliphatic heterocycles. The van der Waals surface area contributed by atoms with E-state index in [1.165, 1.54) is 4.90 Å². The molecule has 2 fully saturated rings. The largest absolute Gasteiger partial charge is 0.340 e. The highest BCUT2D eigenvalue weighted by molar-refractivity contribution is 5.79. The lowest BCUT2D eigenvalue weighted by molar-refractivity contribution is -0.130. The molecule has 1 N–H and O–H groups in total. The number of hydrogen-bond acceptors (Lipinski definition) is 6. The lowest BCUT2D eigenvalue weighted by atomic mass is 9.77. The molecule has 3 rings (SSSR count). The third-order valence-corrected chi connectivity index (χ3v) is 5.97. The zero-order valence-electron chi connectivity index (χ0n) is 15.5. The number of amides is 1. The van der Waals surface area contributed by atoms with Crippen molar-refractivity contribution >= 4 is 5.91 Å². The van der Waals surface area contributed by atoms with Gasteiger partial charge in [0, 0.05) is 25.8 Å². The zero-order chi connectivity index (χ0) is 18.9. The molecule has 0 bridgehead atoms. The van der Waals surface area contributed by atoms with Gasteiger partial charge in [0.15, 0.2) is 5.82 Å². The Labute approximate surface area is 152 Å². The van der Waals surface area contributed by atoms with Crippen LogP contribution in [-0.2, 0) is 11.2 Å². The molecule has 1 saturated carbocycles. The number of hydrogen-bond donors (Lipinski definition) is 1. The first-order valence-electron chi connectivity index (χ1n) is 9.17. The van der Waals surface area contributed by atoms with Crippen molar-refractivity contribution in [1.82, 2.24) is 20.4 Å². The van der Waals surface area contributed by atoms with Crippen molar-refractivity contribution in [2.75, 3.05) is 13.1 Å². The standard InChI is InChI=1S/C18H26FN5O2/c1-11-22-16(23-26-11)6-12-4-5-15(18(12,2)3)21-9-17(25)24-10-13(19)7-14(24)8-20/h12-15,21H,4-7,9-10H2,1-3H3/t12-,13+,14+,15-/m1/s1. The Morgan fingerprint density at radius 1 is 1.50 bits per heavy atom. The Morgan fingerprint density at radius 2 is 2.27 bits per heavy atom. The fraction of sp³-hybridized carbons (Fsp3) is 0.778. The predicted molar refractivity (Wildman–Crippen MR) is 91.7 cm³/mol. The topological polar surface area (TPSA) is 95.1 Å². The smallest absolute Gasteiger partial charge is 0.237 e. The van der Waals surface area contributed by atoms with Crippen molar-refractivity contribution in [1.29, 1.82) is 5.26 Å². The van der Waals surface area contributed by atoms with Crippen molar-refractivity contribution in [2.45, 2.75) is 64.7 Å². The first-order chi connectivity index (χ1) is 12.3. The monoisotopic (exact) mass is 363 g/mol. The van der Waals surface area contributed by atoms with E-state index in [1.54, 1.807) is 6.92 Å². The number of likely N-dealkylation sites (tertiary alicyclic amines) is 1. The zero-order valence-corrected chi connectivity index (χ0v) is 15.5. The predicted octanol–water partition coefficient (Wildman–Crippen LogP) is 1.78. The van der Waals surface area contributed by atoms with Crippen LogP contribution >= 0.6 is 0 Å². The molecule has 1 aromatic heterocycles. The number of nitrogens with zero attached hydrogens (tertiary/aromatic N) is 4. The normalized spacial score (nSPS) is 30.5. The highest BCUT2D eigenvalue weighted by Crippen LogP contribution is 2.44. The number of alkyl halides is 1. The second-order valence-corrected chi connectivity index (χ2v) is 7.99. The van der Waals surface area contributed by atoms with E-state index >= 15 is 0 Å². The molecule has 2 aliphatic rings. The molecule has 1 amide bonds. The molecule has 1 aliphatic carbocycles. The number of carbonyl (C=O) groups excluding carboxylic acids is 1. The van der Waals surface area contributed by atoms with Crippen LogP contribution in [0.4, 0.5) is 4.39 Å². The summed E-state index contributed by atoms with van der Waals surface area (Å²) >= 11 is 0. The molecule has 26 heavy (non-hydrogen) atoms. The van der Waals surface area contributed by atoms with Gasteiger partial charge in [-0.25, -0.2) is 4.39 Å². The van der Waals surface area contributed by atoms with Crippen LogP contribution < -0.4 is 5.32 Å². The van der Waals surface area contributed by atoms with Gasteiger partial charge >= 0.3 is 0 Å². The lowest BCUT2D eigenvalue weighted by Gasteiger charge is -2.33. The molecule has 8 heteroatoms. The number of aromatic nitrogens is 2. The summed E-state index contributed by atoms with van der Waals surface area (Å²) in [5.74, 6) is 1.48. The van der Waals surface area contributed by atoms with Crippen LogP contribution in [0.1, 0.15) is 44.8 Å². The van der Waals surface area contributed by atoms with Gasteiger partial charge in [0.1, 0.15) is 12.2 Å². The summed E-state index contributed by atoms with van der Waals surface area (Å²) in [4.78, 5) is 18.1. The second-order valence-electron chi connectivity index (χ2n) is 7.99. The highest BCUT2D eigenvalue weighted by atomic mass is 19.1. The van der Waals surface area contributed by atoms with Crippen molar-refractivity contribution in [3.63, 3.8) is 0 Å². The quantitative estimate of drug-likeness (QED) is 0.857. The minimum Gasteiger partial charge on any atom is -0.340 e. The van der Waals surface area contributed by atoms with Gasteiger partial charge in [0.2, 0.25) is 11.8 Å². The van der Waals surface area contributed by atoms with Crippen molar-refractivity contribution < 1.29 is 13.7 Å². The van der Waals surface area contributed by atoms with E-state index in [9.17, 15) is 9.18 Å². The van der Waals surface area contributed by atoms with Gasteiger partial charge < -0.3 is 14.7 Å². The van der Waals surface area contributed by atoms with Gasteiger partial charge in [0.05, 0.1) is 19.2 Å². The first kappa shape index (κ1) is 18.8. The maximum atomic E-state index is 13.5. The fourth-order valence-electron chi connectivity index (χ4n) is 4.27. The van der Waals surface area contributed by atoms with Gasteiger partial charge in [0.25, 0.3) is 0 Å². The first-order valence-corrected chi connectivity index (χ1v) is 9.17. The van der Waals surface area contributed by atoms with Gasteiger partial charge in [-0.2, -0.15) is 10.2 Å². The number of nitriles is 1. The Balaban J connectivity index is 1.55. The minimum atomic E-state index is -1.10. The third kappa shape index (κ3) is 3.73. The summed E-state index contributed by atoms with van der Waals surface area (Å²) in [6, 6.07) is 1.55. The van der Waals surface area contributed by atoms with Crippen molar-refractivity contribution in [3.05, 3.63) is 11.7 Å². The molecule has 0 radical (unpaired) electrons. The van der Waals surface area contributed by atoms with E-state index in [-0.39, 0.29) is 36.9 Å². The van der Waals surface area contributed by atoms with Crippen LogP contribution in [0.2, 0.25) is 0 Å². The number of nitrogens with one attached hydrogen (secondary N) is 1. The lowest BCUT2D eigenvalue weighted by Crippen LogP contribution is -2.47. The molecule has 7 nitrogen and oxygen atoms in total. The minimum absolute atomic E-state index is 0.0204. The van der Waals surface area contributed by atoms with E-state index in [0.29, 0.717) is 11.8 Å². The average Bonchev–Trinajstić information content (AvgIpc) is 3.24. The van der Waals surface area contributed by atoms with Crippen molar-refractivity contribution in [2.24, 2.45) is 11.3 Å². The summed E-state index contributed by atoms with van der Waals surface area (Å²) in [6.07, 6.45) is 1.74. The summed E-state index contributed by atoms with van der Waals surface area (Å²) < 4.78 is 18.6. The van der Waals surface area contributed by atoms with Gasteiger partial charge in [-0.15, -0.1) is 0 Å². The van der Waals surface area contributed by atoms with Gasteiger partial charge in [-0.1, -0.05) is 19.0 Å². The molecule has 1 aromatic rings. The van der Waals surface area contributed by atoms with E-state index < -0.39 is 12.2 Å². The summed E-state index contributed by atoms with van der Waals surface area (Å²) in [7, 11) is 0. The average molecular weight is 363 g/mol. The summed E-state index contributed by atoms with van der Waals surface area (Å²) in [6.45, 7) is 6.30. The van der Waals surface area contributed by atoms with Crippen LogP contribution in [0.25, 0.3) is 0 Å². The van der Waals surface area contributed by atoms with E-state index in [1.807, 2.05) is 6.07 Å². The van der Waals surface area contributed by atoms with Crippen LogP contribution in [-0.4, -0.2) is 52.3 Å². The van der Waals surface area contributed by atoms with E-state index in [2.05, 4.69) is 29.3 Å². The van der Waals surface area contributed by atoms with E-state index in [4.69, 9.17) is 9.78 Å². The maximum Gasteiger partial charge on any atom is 0.237 e. The summed E-state index contributed by atoms with van der Waals surface area (Å²) in [5, 5.41) is 16.4. The number of carbonyl (C=O) groups is 1. The Morgan fingerprint density at radius 3 is 2.92 bits per heavy atom. The maximum absolute atomic E-state index is 13.5. The second kappa shape index (κ2) is 7.31. The third-order valence-electron chi connectivity index (χ3n) is 5.97. The molecular weight excluding hydrogens is 337 g/mol. The fourth-order valence-corrected chi connectivity index (χ4v) is 4.27. The number of halogens is 1. The highest BCUT2D eigenvalue weighted by Gasteiger charge is 2.44. The molecule has 4 atom stereocenters.